The number of hydrogen-bond acceptors (Lipinski definition) is 3. The van der Waals surface area contributed by atoms with E-state index in [0.29, 0.717) is 12.4 Å². The van der Waals surface area contributed by atoms with Crippen LogP contribution in [0.15, 0.2) is 24.3 Å². The molecule has 1 aliphatic rings. The van der Waals surface area contributed by atoms with E-state index in [1.807, 2.05) is 0 Å². The summed E-state index contributed by atoms with van der Waals surface area (Å²) < 4.78 is 45.2. The largest absolute Gasteiger partial charge is 0.492 e. The van der Waals surface area contributed by atoms with Gasteiger partial charge in [-0.2, -0.15) is 13.2 Å². The molecule has 0 aliphatic carbocycles. The first kappa shape index (κ1) is 15.6. The predicted octanol–water partition coefficient (Wildman–Crippen LogP) is 2.57. The Morgan fingerprint density at radius 2 is 2.14 bits per heavy atom. The minimum atomic E-state index is -4.60. The van der Waals surface area contributed by atoms with Gasteiger partial charge < -0.3 is 15.4 Å². The molecule has 21 heavy (non-hydrogen) atoms. The Morgan fingerprint density at radius 3 is 2.71 bits per heavy atom. The van der Waals surface area contributed by atoms with Crippen molar-refractivity contribution in [3.05, 3.63) is 24.3 Å². The van der Waals surface area contributed by atoms with Crippen molar-refractivity contribution in [3.8, 4) is 5.75 Å². The number of para-hydroxylation sites is 2. The molecule has 0 spiro atoms. The topological polar surface area (TPSA) is 50.4 Å². The van der Waals surface area contributed by atoms with Gasteiger partial charge in [0.2, 0.25) is 5.91 Å². The van der Waals surface area contributed by atoms with Crippen molar-refractivity contribution in [2.24, 2.45) is 5.41 Å². The molecule has 1 aromatic rings. The van der Waals surface area contributed by atoms with Crippen molar-refractivity contribution in [2.75, 3.05) is 25.0 Å². The van der Waals surface area contributed by atoms with E-state index < -0.39 is 24.0 Å². The number of benzene rings is 1. The Hall–Kier alpha value is -1.76. The molecule has 2 rings (SSSR count). The summed E-state index contributed by atoms with van der Waals surface area (Å²) in [6, 6.07) is 6.45. The number of nitrogens with one attached hydrogen (secondary N) is 2. The van der Waals surface area contributed by atoms with Gasteiger partial charge in [-0.1, -0.05) is 12.1 Å². The maximum Gasteiger partial charge on any atom is 0.404 e. The summed E-state index contributed by atoms with van der Waals surface area (Å²) in [5, 5.41) is 4.97. The van der Waals surface area contributed by atoms with Crippen molar-refractivity contribution in [3.63, 3.8) is 0 Å². The zero-order chi connectivity index (χ0) is 15.5. The molecule has 1 saturated heterocycles. The Balaban J connectivity index is 2.24. The third kappa shape index (κ3) is 2.97. The fraction of sp³-hybridized carbons (Fsp3) is 0.500. The Labute approximate surface area is 120 Å². The highest BCUT2D eigenvalue weighted by Gasteiger charge is 2.61. The van der Waals surface area contributed by atoms with Gasteiger partial charge in [0.25, 0.3) is 0 Å². The predicted molar refractivity (Wildman–Crippen MR) is 72.2 cm³/mol. The van der Waals surface area contributed by atoms with E-state index in [2.05, 4.69) is 10.6 Å². The molecule has 0 bridgehead atoms. The normalized spacial score (nSPS) is 22.1. The lowest BCUT2D eigenvalue weighted by Crippen LogP contribution is -2.49. The monoisotopic (exact) mass is 302 g/mol. The van der Waals surface area contributed by atoms with Crippen LogP contribution in [0.25, 0.3) is 0 Å². The molecule has 0 aromatic heterocycles. The number of hydrogen-bond donors (Lipinski definition) is 2. The van der Waals surface area contributed by atoms with E-state index in [1.54, 1.807) is 25.1 Å². The SMILES string of the molecule is CCOc1ccccc1NC(=O)C1(C(F)(F)F)CCNC1. The van der Waals surface area contributed by atoms with E-state index in [9.17, 15) is 18.0 Å². The number of carbonyl (C=O) groups is 1. The molecule has 7 heteroatoms. The van der Waals surface area contributed by atoms with Crippen molar-refractivity contribution in [1.82, 2.24) is 5.32 Å². The van der Waals surface area contributed by atoms with E-state index in [0.717, 1.165) is 0 Å². The van der Waals surface area contributed by atoms with Crippen LogP contribution in [-0.4, -0.2) is 31.8 Å². The van der Waals surface area contributed by atoms with Crippen molar-refractivity contribution in [1.29, 1.82) is 0 Å². The molecular weight excluding hydrogens is 285 g/mol. The minimum absolute atomic E-state index is 0.167. The van der Waals surface area contributed by atoms with Gasteiger partial charge >= 0.3 is 6.18 Å². The highest BCUT2D eigenvalue weighted by atomic mass is 19.4. The molecule has 1 amide bonds. The lowest BCUT2D eigenvalue weighted by atomic mass is 9.85. The molecule has 1 heterocycles. The van der Waals surface area contributed by atoms with Gasteiger partial charge in [-0.25, -0.2) is 0 Å². The van der Waals surface area contributed by atoms with E-state index in [4.69, 9.17) is 4.74 Å². The Morgan fingerprint density at radius 1 is 1.43 bits per heavy atom. The minimum Gasteiger partial charge on any atom is -0.492 e. The van der Waals surface area contributed by atoms with E-state index in [-0.39, 0.29) is 18.7 Å². The average Bonchev–Trinajstić information content (AvgIpc) is 2.91. The number of anilines is 1. The summed E-state index contributed by atoms with van der Waals surface area (Å²) in [7, 11) is 0. The van der Waals surface area contributed by atoms with Gasteiger partial charge in [-0.05, 0) is 32.0 Å². The molecule has 1 aliphatic heterocycles. The number of alkyl halides is 3. The van der Waals surface area contributed by atoms with Crippen molar-refractivity contribution < 1.29 is 22.7 Å². The molecule has 1 unspecified atom stereocenters. The lowest BCUT2D eigenvalue weighted by molar-refractivity contribution is -0.213. The smallest absolute Gasteiger partial charge is 0.404 e. The van der Waals surface area contributed by atoms with E-state index >= 15 is 0 Å². The summed E-state index contributed by atoms with van der Waals surface area (Å²) >= 11 is 0. The number of halogens is 3. The standard InChI is InChI=1S/C14H17F3N2O2/c1-2-21-11-6-4-3-5-10(11)19-12(20)13(14(15,16)17)7-8-18-9-13/h3-6,18H,2,7-9H2,1H3,(H,19,20). The van der Waals surface area contributed by atoms with Gasteiger partial charge in [0.15, 0.2) is 5.41 Å². The zero-order valence-electron chi connectivity index (χ0n) is 11.6. The van der Waals surface area contributed by atoms with Crippen molar-refractivity contribution >= 4 is 11.6 Å². The number of ether oxygens (including phenoxy) is 1. The molecule has 1 aromatic carbocycles. The van der Waals surface area contributed by atoms with Gasteiger partial charge in [-0.3, -0.25) is 4.79 Å². The van der Waals surface area contributed by atoms with Gasteiger partial charge in [0, 0.05) is 6.54 Å². The maximum absolute atomic E-state index is 13.3. The quantitative estimate of drug-likeness (QED) is 0.899. The molecular formula is C14H17F3N2O2. The molecule has 0 radical (unpaired) electrons. The fourth-order valence-corrected chi connectivity index (χ4v) is 2.35. The number of amides is 1. The van der Waals surface area contributed by atoms with Crippen LogP contribution in [0, 0.1) is 5.41 Å². The molecule has 0 saturated carbocycles. The summed E-state index contributed by atoms with van der Waals surface area (Å²) in [5.41, 5.74) is -2.13. The number of rotatable bonds is 4. The summed E-state index contributed by atoms with van der Waals surface area (Å²) in [6.07, 6.45) is -4.86. The molecule has 1 fully saturated rings. The van der Waals surface area contributed by atoms with Crippen LogP contribution in [-0.2, 0) is 4.79 Å². The van der Waals surface area contributed by atoms with Crippen LogP contribution in [0.2, 0.25) is 0 Å². The first-order chi connectivity index (χ1) is 9.90. The Kier molecular flexibility index (Phi) is 4.41. The van der Waals surface area contributed by atoms with Gasteiger partial charge in [0.05, 0.1) is 12.3 Å². The first-order valence-electron chi connectivity index (χ1n) is 6.71. The van der Waals surface area contributed by atoms with E-state index in [1.165, 1.54) is 6.07 Å². The second kappa shape index (κ2) is 5.93. The molecule has 2 N–H and O–H groups in total. The third-order valence-electron chi connectivity index (χ3n) is 3.57. The van der Waals surface area contributed by atoms with Crippen molar-refractivity contribution in [2.45, 2.75) is 19.5 Å². The van der Waals surface area contributed by atoms with Crippen LogP contribution in [0.3, 0.4) is 0 Å². The highest BCUT2D eigenvalue weighted by molar-refractivity contribution is 5.97. The highest BCUT2D eigenvalue weighted by Crippen LogP contribution is 2.44. The van der Waals surface area contributed by atoms with Gasteiger partial charge in [0.1, 0.15) is 5.75 Å². The van der Waals surface area contributed by atoms with Crippen LogP contribution in [0.1, 0.15) is 13.3 Å². The molecule has 4 nitrogen and oxygen atoms in total. The van der Waals surface area contributed by atoms with Crippen LogP contribution in [0.5, 0.6) is 5.75 Å². The summed E-state index contributed by atoms with van der Waals surface area (Å²) in [4.78, 5) is 12.2. The second-order valence-electron chi connectivity index (χ2n) is 4.89. The summed E-state index contributed by atoms with van der Waals surface area (Å²) in [6.45, 7) is 1.88. The molecule has 1 atom stereocenters. The third-order valence-corrected chi connectivity index (χ3v) is 3.57. The van der Waals surface area contributed by atoms with Gasteiger partial charge in [-0.15, -0.1) is 0 Å². The summed E-state index contributed by atoms with van der Waals surface area (Å²) in [5.74, 6) is -0.691. The lowest BCUT2D eigenvalue weighted by Gasteiger charge is -2.29. The zero-order valence-corrected chi connectivity index (χ0v) is 11.6. The first-order valence-corrected chi connectivity index (χ1v) is 6.71. The number of carbonyl (C=O) groups excluding carboxylic acids is 1. The Bertz CT molecular complexity index is 511. The second-order valence-corrected chi connectivity index (χ2v) is 4.89. The molecule has 116 valence electrons. The van der Waals surface area contributed by atoms with Crippen LogP contribution >= 0.6 is 0 Å². The van der Waals surface area contributed by atoms with Crippen LogP contribution < -0.4 is 15.4 Å². The fourth-order valence-electron chi connectivity index (χ4n) is 2.35. The maximum atomic E-state index is 13.3. The van der Waals surface area contributed by atoms with Crippen LogP contribution in [0.4, 0.5) is 18.9 Å². The average molecular weight is 302 g/mol.